The Morgan fingerprint density at radius 3 is 2.68 bits per heavy atom. The van der Waals surface area contributed by atoms with Gasteiger partial charge in [-0.1, -0.05) is 29.8 Å². The average Bonchev–Trinajstić information content (AvgIpc) is 2.55. The fourth-order valence-corrected chi connectivity index (χ4v) is 3.12. The van der Waals surface area contributed by atoms with Gasteiger partial charge in [0.2, 0.25) is 0 Å². The Hall–Kier alpha value is -1.80. The Morgan fingerprint density at radius 2 is 1.91 bits per heavy atom. The lowest BCUT2D eigenvalue weighted by atomic mass is 9.87. The van der Waals surface area contributed by atoms with Gasteiger partial charge in [-0.25, -0.2) is 0 Å². The van der Waals surface area contributed by atoms with Crippen LogP contribution in [-0.4, -0.2) is 11.6 Å². The van der Waals surface area contributed by atoms with Gasteiger partial charge < -0.3 is 4.74 Å². The molecule has 1 heterocycles. The van der Waals surface area contributed by atoms with Gasteiger partial charge >= 0.3 is 0 Å². The van der Waals surface area contributed by atoms with E-state index in [0.717, 1.165) is 34.9 Å². The van der Waals surface area contributed by atoms with E-state index in [9.17, 15) is 0 Å². The number of rotatable bonds is 4. The fraction of sp³-hybridized carbons (Fsp3) is 0.316. The summed E-state index contributed by atoms with van der Waals surface area (Å²) >= 11 is 6.37. The van der Waals surface area contributed by atoms with E-state index < -0.39 is 0 Å². The van der Waals surface area contributed by atoms with E-state index in [0.29, 0.717) is 6.61 Å². The van der Waals surface area contributed by atoms with Gasteiger partial charge in [0, 0.05) is 10.7 Å². The number of benzene rings is 1. The van der Waals surface area contributed by atoms with Crippen LogP contribution in [-0.2, 0) is 0 Å². The molecule has 0 fully saturated rings. The van der Waals surface area contributed by atoms with Crippen molar-refractivity contribution in [3.05, 3.63) is 64.4 Å². The van der Waals surface area contributed by atoms with E-state index in [1.54, 1.807) is 6.20 Å². The van der Waals surface area contributed by atoms with E-state index in [1.807, 2.05) is 37.3 Å². The molecule has 22 heavy (non-hydrogen) atoms. The molecule has 0 amide bonds. The zero-order chi connectivity index (χ0) is 15.4. The molecule has 1 aliphatic rings. The van der Waals surface area contributed by atoms with Crippen LogP contribution in [0.4, 0.5) is 0 Å². The lowest BCUT2D eigenvalue weighted by Crippen LogP contribution is -2.08. The van der Waals surface area contributed by atoms with Crippen LogP contribution in [0.15, 0.2) is 48.2 Å². The van der Waals surface area contributed by atoms with Crippen molar-refractivity contribution >= 4 is 17.2 Å². The Balaban J connectivity index is 1.82. The molecule has 0 radical (unpaired) electrons. The Labute approximate surface area is 136 Å². The van der Waals surface area contributed by atoms with Gasteiger partial charge in [-0.3, -0.25) is 4.98 Å². The topological polar surface area (TPSA) is 22.1 Å². The first kappa shape index (κ1) is 15.1. The maximum atomic E-state index is 6.37. The predicted molar refractivity (Wildman–Crippen MR) is 91.3 cm³/mol. The summed E-state index contributed by atoms with van der Waals surface area (Å²) in [5.74, 6) is 0.821. The summed E-state index contributed by atoms with van der Waals surface area (Å²) in [5.41, 5.74) is 4.88. The van der Waals surface area contributed by atoms with Crippen LogP contribution in [0.5, 0.6) is 5.75 Å². The number of halogens is 1. The molecule has 114 valence electrons. The SMILES string of the molecule is Cc1ccc(OCC2=C(c3ccccc3Cl)CCCC2)cn1. The van der Waals surface area contributed by atoms with Gasteiger partial charge in [0.15, 0.2) is 0 Å². The molecule has 0 unspecified atom stereocenters. The minimum Gasteiger partial charge on any atom is -0.488 e. The van der Waals surface area contributed by atoms with E-state index in [4.69, 9.17) is 16.3 Å². The summed E-state index contributed by atoms with van der Waals surface area (Å²) in [5, 5.41) is 0.828. The molecule has 1 aromatic heterocycles. The smallest absolute Gasteiger partial charge is 0.138 e. The number of hydrogen-bond acceptors (Lipinski definition) is 2. The molecule has 0 saturated carbocycles. The van der Waals surface area contributed by atoms with E-state index >= 15 is 0 Å². The van der Waals surface area contributed by atoms with Crippen LogP contribution in [0.3, 0.4) is 0 Å². The van der Waals surface area contributed by atoms with Crippen molar-refractivity contribution in [3.8, 4) is 5.75 Å². The molecular formula is C19H20ClNO. The van der Waals surface area contributed by atoms with Gasteiger partial charge in [0.05, 0.1) is 6.20 Å². The van der Waals surface area contributed by atoms with Crippen LogP contribution >= 0.6 is 11.6 Å². The van der Waals surface area contributed by atoms with Crippen molar-refractivity contribution < 1.29 is 4.74 Å². The van der Waals surface area contributed by atoms with Crippen LogP contribution in [0, 0.1) is 6.92 Å². The maximum absolute atomic E-state index is 6.37. The lowest BCUT2D eigenvalue weighted by molar-refractivity contribution is 0.343. The van der Waals surface area contributed by atoms with Crippen LogP contribution in [0.25, 0.3) is 5.57 Å². The molecule has 1 aliphatic carbocycles. The third-order valence-electron chi connectivity index (χ3n) is 4.08. The zero-order valence-electron chi connectivity index (χ0n) is 12.8. The van der Waals surface area contributed by atoms with E-state index in [-0.39, 0.29) is 0 Å². The highest BCUT2D eigenvalue weighted by molar-refractivity contribution is 6.32. The molecule has 0 N–H and O–H groups in total. The largest absolute Gasteiger partial charge is 0.488 e. The van der Waals surface area contributed by atoms with E-state index in [1.165, 1.54) is 24.0 Å². The molecule has 3 heteroatoms. The summed E-state index contributed by atoms with van der Waals surface area (Å²) in [6, 6.07) is 12.0. The molecule has 0 atom stereocenters. The number of aryl methyl sites for hydroxylation is 1. The second-order valence-corrected chi connectivity index (χ2v) is 6.10. The summed E-state index contributed by atoms with van der Waals surface area (Å²) in [4.78, 5) is 4.27. The van der Waals surface area contributed by atoms with Crippen LogP contribution in [0.1, 0.15) is 36.9 Å². The quantitative estimate of drug-likeness (QED) is 0.748. The van der Waals surface area contributed by atoms with Crippen molar-refractivity contribution in [3.63, 3.8) is 0 Å². The normalized spacial score (nSPS) is 15.0. The summed E-state index contributed by atoms with van der Waals surface area (Å²) in [6.07, 6.45) is 6.39. The highest BCUT2D eigenvalue weighted by atomic mass is 35.5. The molecular weight excluding hydrogens is 294 g/mol. The maximum Gasteiger partial charge on any atom is 0.138 e. The van der Waals surface area contributed by atoms with Crippen molar-refractivity contribution in [2.75, 3.05) is 6.61 Å². The summed E-state index contributed by atoms with van der Waals surface area (Å²) < 4.78 is 5.93. The molecule has 2 nitrogen and oxygen atoms in total. The Bertz CT molecular complexity index is 676. The standard InChI is InChI=1S/C19H20ClNO/c1-14-10-11-16(12-21-14)22-13-15-6-2-3-7-17(15)18-8-4-5-9-19(18)20/h4-5,8-12H,2-3,6-7,13H2,1H3. The predicted octanol–water partition coefficient (Wildman–Crippen LogP) is 5.45. The number of hydrogen-bond donors (Lipinski definition) is 0. The Morgan fingerprint density at radius 1 is 1.09 bits per heavy atom. The highest BCUT2D eigenvalue weighted by Gasteiger charge is 2.16. The molecule has 0 saturated heterocycles. The summed E-state index contributed by atoms with van der Waals surface area (Å²) in [7, 11) is 0. The first-order chi connectivity index (χ1) is 10.7. The number of aromatic nitrogens is 1. The monoisotopic (exact) mass is 313 g/mol. The minimum atomic E-state index is 0.616. The number of ether oxygens (including phenoxy) is 1. The van der Waals surface area contributed by atoms with Crippen molar-refractivity contribution in [2.45, 2.75) is 32.6 Å². The highest BCUT2D eigenvalue weighted by Crippen LogP contribution is 2.35. The van der Waals surface area contributed by atoms with Gasteiger partial charge in [0.1, 0.15) is 12.4 Å². The van der Waals surface area contributed by atoms with Gasteiger partial charge in [-0.2, -0.15) is 0 Å². The van der Waals surface area contributed by atoms with Gasteiger partial charge in [0.25, 0.3) is 0 Å². The second kappa shape index (κ2) is 6.97. The first-order valence-electron chi connectivity index (χ1n) is 7.75. The molecule has 2 aromatic rings. The van der Waals surface area contributed by atoms with Crippen LogP contribution < -0.4 is 4.74 Å². The molecule has 3 rings (SSSR count). The van der Waals surface area contributed by atoms with Crippen LogP contribution in [0.2, 0.25) is 5.02 Å². The lowest BCUT2D eigenvalue weighted by Gasteiger charge is -2.22. The second-order valence-electron chi connectivity index (χ2n) is 5.69. The first-order valence-corrected chi connectivity index (χ1v) is 8.13. The Kier molecular flexibility index (Phi) is 4.79. The molecule has 0 aliphatic heterocycles. The number of allylic oxidation sites excluding steroid dienone is 1. The van der Waals surface area contributed by atoms with E-state index in [2.05, 4.69) is 11.1 Å². The molecule has 1 aromatic carbocycles. The summed E-state index contributed by atoms with van der Waals surface area (Å²) in [6.45, 7) is 2.59. The number of pyridine rings is 1. The van der Waals surface area contributed by atoms with Crippen molar-refractivity contribution in [2.24, 2.45) is 0 Å². The van der Waals surface area contributed by atoms with Gasteiger partial charge in [-0.15, -0.1) is 0 Å². The fourth-order valence-electron chi connectivity index (χ4n) is 2.87. The van der Waals surface area contributed by atoms with Crippen molar-refractivity contribution in [1.82, 2.24) is 4.98 Å². The third kappa shape index (κ3) is 3.50. The third-order valence-corrected chi connectivity index (χ3v) is 4.41. The zero-order valence-corrected chi connectivity index (χ0v) is 13.6. The molecule has 0 bridgehead atoms. The number of nitrogens with zero attached hydrogens (tertiary/aromatic N) is 1. The average molecular weight is 314 g/mol. The van der Waals surface area contributed by atoms with Crippen molar-refractivity contribution in [1.29, 1.82) is 0 Å². The minimum absolute atomic E-state index is 0.616. The molecule has 0 spiro atoms. The van der Waals surface area contributed by atoms with Gasteiger partial charge in [-0.05, 0) is 67.5 Å².